The van der Waals surface area contributed by atoms with E-state index in [0.717, 1.165) is 19.6 Å². The van der Waals surface area contributed by atoms with Gasteiger partial charge in [-0.1, -0.05) is 13.8 Å². The lowest BCUT2D eigenvalue weighted by molar-refractivity contribution is -0.155. The maximum Gasteiger partial charge on any atom is 0.370 e. The zero-order chi connectivity index (χ0) is 24.1. The molecule has 184 valence electrons. The van der Waals surface area contributed by atoms with Gasteiger partial charge in [0.15, 0.2) is 0 Å². The summed E-state index contributed by atoms with van der Waals surface area (Å²) in [6.45, 7) is 9.99. The van der Waals surface area contributed by atoms with Crippen molar-refractivity contribution in [2.45, 2.75) is 44.9 Å². The van der Waals surface area contributed by atoms with Gasteiger partial charge < -0.3 is 24.3 Å². The molecule has 0 unspecified atom stereocenters. The minimum Gasteiger partial charge on any atom is -0.464 e. The van der Waals surface area contributed by atoms with Crippen LogP contribution in [0.3, 0.4) is 0 Å². The molecule has 0 radical (unpaired) electrons. The Morgan fingerprint density at radius 2 is 1.75 bits per heavy atom. The van der Waals surface area contributed by atoms with Crippen molar-refractivity contribution in [3.8, 4) is 0 Å². The lowest BCUT2D eigenvalue weighted by Gasteiger charge is -2.26. The van der Waals surface area contributed by atoms with E-state index >= 15 is 0 Å². The molecule has 1 amide bonds. The van der Waals surface area contributed by atoms with Crippen molar-refractivity contribution in [2.75, 3.05) is 52.0 Å². The molecule has 0 spiro atoms. The third kappa shape index (κ3) is 11.9. The van der Waals surface area contributed by atoms with Gasteiger partial charge in [-0.15, -0.1) is 0 Å². The maximum absolute atomic E-state index is 12.5. The molecule has 0 aromatic heterocycles. The summed E-state index contributed by atoms with van der Waals surface area (Å²) in [4.78, 5) is 50.3. The first kappa shape index (κ1) is 28.5. The smallest absolute Gasteiger partial charge is 0.370 e. The van der Waals surface area contributed by atoms with Gasteiger partial charge in [0.05, 0.1) is 30.5 Å². The van der Waals surface area contributed by atoms with Crippen molar-refractivity contribution in [3.05, 3.63) is 0 Å². The van der Waals surface area contributed by atoms with Crippen molar-refractivity contribution >= 4 is 47.5 Å². The second kappa shape index (κ2) is 14.6. The van der Waals surface area contributed by atoms with Gasteiger partial charge in [-0.25, -0.2) is 9.59 Å². The van der Waals surface area contributed by atoms with Crippen LogP contribution in [0.25, 0.3) is 0 Å². The van der Waals surface area contributed by atoms with E-state index in [4.69, 9.17) is 18.9 Å². The number of amides is 1. The summed E-state index contributed by atoms with van der Waals surface area (Å²) in [5.41, 5.74) is 0. The van der Waals surface area contributed by atoms with Gasteiger partial charge in [0.2, 0.25) is 12.7 Å². The Labute approximate surface area is 198 Å². The normalized spacial score (nSPS) is 15.7. The molecule has 0 aromatic rings. The Morgan fingerprint density at radius 3 is 2.34 bits per heavy atom. The highest BCUT2D eigenvalue weighted by Gasteiger charge is 2.30. The van der Waals surface area contributed by atoms with Crippen LogP contribution >= 0.6 is 24.4 Å². The van der Waals surface area contributed by atoms with Gasteiger partial charge in [0.1, 0.15) is 6.04 Å². The number of morpholine rings is 1. The van der Waals surface area contributed by atoms with E-state index in [-0.39, 0.29) is 18.3 Å². The molecule has 1 N–H and O–H groups in total. The summed E-state index contributed by atoms with van der Waals surface area (Å²) in [6, 6.07) is -1.06. The quantitative estimate of drug-likeness (QED) is 0.179. The second-order valence-electron chi connectivity index (χ2n) is 8.00. The molecule has 1 heterocycles. The number of thiol groups is 1. The average Bonchev–Trinajstić information content (AvgIpc) is 2.73. The number of carbonyl (C=O) groups is 4. The van der Waals surface area contributed by atoms with Crippen molar-refractivity contribution in [1.82, 2.24) is 10.2 Å². The Kier molecular flexibility index (Phi) is 13.0. The highest BCUT2D eigenvalue weighted by Crippen LogP contribution is 2.14. The monoisotopic (exact) mass is 494 g/mol. The van der Waals surface area contributed by atoms with Gasteiger partial charge in [-0.3, -0.25) is 14.5 Å². The summed E-state index contributed by atoms with van der Waals surface area (Å²) in [5.74, 6) is -2.07. The van der Waals surface area contributed by atoms with Crippen molar-refractivity contribution in [2.24, 2.45) is 5.92 Å². The van der Waals surface area contributed by atoms with Crippen LogP contribution in [0.1, 0.15) is 34.1 Å². The molecule has 1 rings (SSSR count). The van der Waals surface area contributed by atoms with E-state index in [2.05, 4.69) is 22.8 Å². The standard InChI is InChI=1S/C20H34N2O8S2/c1-14(2)16(23)29-13-30-19(26)32-12-15(21-18(25)20(3,4)31)17(24)28-9-5-6-22-7-10-27-11-8-22/h14-15,31H,5-13H2,1-4H3,(H,21,25)/t15-/m0/s1. The van der Waals surface area contributed by atoms with E-state index in [0.29, 0.717) is 31.4 Å². The number of nitrogens with one attached hydrogen (secondary N) is 1. The molecule has 0 aliphatic carbocycles. The molecule has 32 heavy (non-hydrogen) atoms. The van der Waals surface area contributed by atoms with Crippen molar-refractivity contribution in [3.63, 3.8) is 0 Å². The maximum atomic E-state index is 12.5. The van der Waals surface area contributed by atoms with Crippen molar-refractivity contribution < 1.29 is 38.1 Å². The highest BCUT2D eigenvalue weighted by atomic mass is 32.2. The summed E-state index contributed by atoms with van der Waals surface area (Å²) in [6.07, 6.45) is 0.640. The van der Waals surface area contributed by atoms with E-state index in [1.165, 1.54) is 0 Å². The largest absolute Gasteiger partial charge is 0.464 e. The van der Waals surface area contributed by atoms with Gasteiger partial charge in [-0.2, -0.15) is 12.6 Å². The van der Waals surface area contributed by atoms with Crippen LogP contribution in [0, 0.1) is 5.92 Å². The van der Waals surface area contributed by atoms with Gasteiger partial charge in [0.25, 0.3) is 0 Å². The molecule has 1 atom stereocenters. The summed E-state index contributed by atoms with van der Waals surface area (Å²) in [7, 11) is 0. The molecule has 12 heteroatoms. The fourth-order valence-corrected chi connectivity index (χ4v) is 3.10. The Morgan fingerprint density at radius 1 is 1.09 bits per heavy atom. The third-order valence-electron chi connectivity index (χ3n) is 4.33. The van der Waals surface area contributed by atoms with Crippen LogP contribution in [-0.2, 0) is 33.3 Å². The Bertz CT molecular complexity index is 634. The summed E-state index contributed by atoms with van der Waals surface area (Å²) < 4.78 is 19.2. The van der Waals surface area contributed by atoms with Gasteiger partial charge in [0, 0.05) is 25.4 Å². The Hall–Kier alpha value is -1.50. The summed E-state index contributed by atoms with van der Waals surface area (Å²) in [5, 5.41) is 1.82. The molecule has 0 bridgehead atoms. The van der Waals surface area contributed by atoms with Crippen LogP contribution in [0.15, 0.2) is 0 Å². The van der Waals surface area contributed by atoms with Crippen molar-refractivity contribution in [1.29, 1.82) is 0 Å². The first-order chi connectivity index (χ1) is 15.0. The van der Waals surface area contributed by atoms with Crippen LogP contribution in [0.5, 0.6) is 0 Å². The summed E-state index contributed by atoms with van der Waals surface area (Å²) >= 11 is 4.87. The minimum absolute atomic E-state index is 0.102. The number of hydrogen-bond donors (Lipinski definition) is 2. The number of ether oxygens (including phenoxy) is 4. The van der Waals surface area contributed by atoms with Gasteiger partial charge >= 0.3 is 17.2 Å². The topological polar surface area (TPSA) is 120 Å². The number of thioether (sulfide) groups is 1. The first-order valence-corrected chi connectivity index (χ1v) is 11.9. The molecule has 0 aromatic carbocycles. The van der Waals surface area contributed by atoms with Crippen LogP contribution < -0.4 is 5.32 Å². The van der Waals surface area contributed by atoms with E-state index < -0.39 is 40.7 Å². The molecular formula is C20H34N2O8S2. The molecule has 1 aliphatic rings. The predicted octanol–water partition coefficient (Wildman–Crippen LogP) is 1.47. The number of rotatable bonds is 12. The van der Waals surface area contributed by atoms with Gasteiger partial charge in [-0.05, 0) is 32.0 Å². The van der Waals surface area contributed by atoms with Crippen LogP contribution in [0.2, 0.25) is 0 Å². The van der Waals surface area contributed by atoms with Crippen LogP contribution in [-0.4, -0.2) is 90.8 Å². The Balaban J connectivity index is 2.48. The molecular weight excluding hydrogens is 460 g/mol. The third-order valence-corrected chi connectivity index (χ3v) is 5.39. The second-order valence-corrected chi connectivity index (χ2v) is 10.1. The number of esters is 2. The first-order valence-electron chi connectivity index (χ1n) is 10.5. The minimum atomic E-state index is -1.06. The highest BCUT2D eigenvalue weighted by molar-refractivity contribution is 8.13. The lowest BCUT2D eigenvalue weighted by atomic mass is 10.2. The molecule has 1 fully saturated rings. The average molecular weight is 495 g/mol. The lowest BCUT2D eigenvalue weighted by Crippen LogP contribution is -2.49. The number of hydrogen-bond acceptors (Lipinski definition) is 11. The number of carbonyl (C=O) groups excluding carboxylic acids is 4. The van der Waals surface area contributed by atoms with E-state index in [1.54, 1.807) is 27.7 Å². The van der Waals surface area contributed by atoms with Crippen LogP contribution in [0.4, 0.5) is 4.79 Å². The molecule has 1 aliphatic heterocycles. The van der Waals surface area contributed by atoms with E-state index in [1.807, 2.05) is 0 Å². The zero-order valence-corrected chi connectivity index (χ0v) is 20.8. The fourth-order valence-electron chi connectivity index (χ4n) is 2.39. The molecule has 0 saturated carbocycles. The number of nitrogens with zero attached hydrogens (tertiary/aromatic N) is 1. The predicted molar refractivity (Wildman–Crippen MR) is 123 cm³/mol. The SMILES string of the molecule is CC(C)C(=O)OCOC(=O)SC[C@H](NC(=O)C(C)(C)S)C(=O)OCCCN1CCOCC1. The van der Waals surface area contributed by atoms with E-state index in [9.17, 15) is 19.2 Å². The fraction of sp³-hybridized carbons (Fsp3) is 0.800. The molecule has 1 saturated heterocycles. The molecule has 10 nitrogen and oxygen atoms in total. The zero-order valence-electron chi connectivity index (χ0n) is 19.1.